The fourth-order valence-corrected chi connectivity index (χ4v) is 4.53. The molecule has 0 unspecified atom stereocenters. The van der Waals surface area contributed by atoms with Crippen molar-refractivity contribution in [2.24, 2.45) is 0 Å². The van der Waals surface area contributed by atoms with Crippen molar-refractivity contribution in [3.05, 3.63) is 67.1 Å². The number of ether oxygens (including phenoxy) is 1. The number of halogens is 3. The quantitative estimate of drug-likeness (QED) is 0.317. The van der Waals surface area contributed by atoms with E-state index in [9.17, 15) is 13.2 Å². The van der Waals surface area contributed by atoms with Gasteiger partial charge >= 0.3 is 6.18 Å². The third kappa shape index (κ3) is 5.49. The highest BCUT2D eigenvalue weighted by Crippen LogP contribution is 2.34. The molecule has 1 saturated heterocycles. The summed E-state index contributed by atoms with van der Waals surface area (Å²) in [5.74, 6) is 0.621. The molecule has 5 heterocycles. The van der Waals surface area contributed by atoms with Crippen LogP contribution in [-0.2, 0) is 10.9 Å². The van der Waals surface area contributed by atoms with Gasteiger partial charge in [0.25, 0.3) is 0 Å². The molecule has 2 N–H and O–H groups in total. The summed E-state index contributed by atoms with van der Waals surface area (Å²) in [6.45, 7) is 4.98. The lowest BCUT2D eigenvalue weighted by molar-refractivity contribution is -0.137. The number of pyridine rings is 1. The van der Waals surface area contributed by atoms with E-state index >= 15 is 0 Å². The third-order valence-electron chi connectivity index (χ3n) is 6.16. The van der Waals surface area contributed by atoms with Crippen molar-refractivity contribution >= 4 is 34.9 Å². The number of imidazole rings is 1. The number of nitrogens with zero attached hydrogens (tertiary/aromatic N) is 9. The van der Waals surface area contributed by atoms with Gasteiger partial charge in [0.2, 0.25) is 17.8 Å². The molecule has 1 aliphatic heterocycles. The van der Waals surface area contributed by atoms with Crippen LogP contribution in [0, 0.1) is 0 Å². The van der Waals surface area contributed by atoms with E-state index < -0.39 is 11.7 Å². The lowest BCUT2D eigenvalue weighted by atomic mass is 10.1. The first kappa shape index (κ1) is 25.5. The zero-order chi connectivity index (χ0) is 27.9. The Morgan fingerprint density at radius 1 is 0.925 bits per heavy atom. The molecule has 15 heteroatoms. The molecule has 0 amide bonds. The maximum atomic E-state index is 13.8. The van der Waals surface area contributed by atoms with Crippen molar-refractivity contribution in [1.82, 2.24) is 39.1 Å². The van der Waals surface area contributed by atoms with Gasteiger partial charge in [0.05, 0.1) is 23.5 Å². The number of rotatable bonds is 6. The van der Waals surface area contributed by atoms with Crippen LogP contribution in [0.2, 0.25) is 0 Å². The van der Waals surface area contributed by atoms with E-state index in [-0.39, 0.29) is 35.5 Å². The number of hydrogen-bond acceptors (Lipinski definition) is 10. The van der Waals surface area contributed by atoms with E-state index in [1.807, 2.05) is 47.7 Å². The van der Waals surface area contributed by atoms with Crippen LogP contribution in [0.5, 0.6) is 0 Å². The molecule has 5 aromatic rings. The fourth-order valence-electron chi connectivity index (χ4n) is 4.53. The second-order valence-electron chi connectivity index (χ2n) is 9.41. The number of hydrogen-bond donors (Lipinski definition) is 2. The highest BCUT2D eigenvalue weighted by molar-refractivity contribution is 5.64. The van der Waals surface area contributed by atoms with Gasteiger partial charge in [-0.3, -0.25) is 0 Å². The summed E-state index contributed by atoms with van der Waals surface area (Å²) in [6.07, 6.45) is 3.20. The third-order valence-corrected chi connectivity index (χ3v) is 6.16. The number of fused-ring (bicyclic) bond motifs is 1. The number of nitrogens with one attached hydrogen (secondary N) is 2. The van der Waals surface area contributed by atoms with Gasteiger partial charge in [-0.05, 0) is 38.1 Å². The average Bonchev–Trinajstić information content (AvgIpc) is 3.60. The van der Waals surface area contributed by atoms with Crippen molar-refractivity contribution in [3.8, 4) is 5.69 Å². The summed E-state index contributed by atoms with van der Waals surface area (Å²) < 4.78 is 50.2. The Labute approximate surface area is 225 Å². The van der Waals surface area contributed by atoms with Crippen molar-refractivity contribution in [2.45, 2.75) is 32.2 Å². The van der Waals surface area contributed by atoms with Gasteiger partial charge in [0, 0.05) is 49.1 Å². The van der Waals surface area contributed by atoms with Crippen LogP contribution in [-0.4, -0.2) is 64.4 Å². The van der Waals surface area contributed by atoms with Crippen LogP contribution < -0.4 is 15.5 Å². The van der Waals surface area contributed by atoms with Crippen molar-refractivity contribution in [3.63, 3.8) is 0 Å². The standard InChI is InChI=1S/C25H24F3N11O/c1-15-11-38(12-16(2)40-15)24-35-22(32-18-3-5-37-6-4-30-21(37)10-18)34-23(36-24)33-19-7-17(25(26,27)28)8-20(9-19)39-14-29-13-31-39/h3-10,13-16H,11-12H2,1-2H3,(H2,32,33,34,35,36)/t15-,16+. The smallest absolute Gasteiger partial charge is 0.372 e. The Morgan fingerprint density at radius 3 is 2.38 bits per heavy atom. The SMILES string of the molecule is C[C@@H]1CN(c2nc(Nc3cc(-n4cncn4)cc(C(F)(F)F)c3)nc(Nc3ccn4ccnc4c3)n2)C[C@H](C)O1. The molecule has 0 spiro atoms. The van der Waals surface area contributed by atoms with Crippen LogP contribution in [0.4, 0.5) is 42.4 Å². The lowest BCUT2D eigenvalue weighted by Gasteiger charge is -2.35. The fraction of sp³-hybridized carbons (Fsp3) is 0.280. The van der Waals surface area contributed by atoms with Crippen molar-refractivity contribution in [2.75, 3.05) is 28.6 Å². The summed E-state index contributed by atoms with van der Waals surface area (Å²) in [5.41, 5.74) is 0.827. The van der Waals surface area contributed by atoms with E-state index in [2.05, 4.69) is 40.7 Å². The molecule has 2 atom stereocenters. The average molecular weight is 552 g/mol. The minimum absolute atomic E-state index is 0.0602. The summed E-state index contributed by atoms with van der Waals surface area (Å²) >= 11 is 0. The Kier molecular flexibility index (Phi) is 6.42. The summed E-state index contributed by atoms with van der Waals surface area (Å²) in [5, 5.41) is 10.1. The highest BCUT2D eigenvalue weighted by atomic mass is 19.4. The summed E-state index contributed by atoms with van der Waals surface area (Å²) in [7, 11) is 0. The Bertz CT molecular complexity index is 1630. The minimum Gasteiger partial charge on any atom is -0.372 e. The summed E-state index contributed by atoms with van der Waals surface area (Å²) in [4.78, 5) is 23.7. The molecule has 0 aliphatic carbocycles. The van der Waals surface area contributed by atoms with E-state index in [1.54, 1.807) is 6.20 Å². The van der Waals surface area contributed by atoms with Crippen LogP contribution in [0.25, 0.3) is 11.3 Å². The Balaban J connectivity index is 1.38. The minimum atomic E-state index is -4.59. The molecule has 0 radical (unpaired) electrons. The zero-order valence-electron chi connectivity index (χ0n) is 21.4. The molecule has 1 fully saturated rings. The molecule has 206 valence electrons. The molecular formula is C25H24F3N11O. The second kappa shape index (κ2) is 10.1. The maximum Gasteiger partial charge on any atom is 0.416 e. The first-order chi connectivity index (χ1) is 19.2. The van der Waals surface area contributed by atoms with E-state index in [1.165, 1.54) is 23.4 Å². The first-order valence-corrected chi connectivity index (χ1v) is 12.4. The monoisotopic (exact) mass is 551 g/mol. The van der Waals surface area contributed by atoms with Gasteiger partial charge in [0.15, 0.2) is 0 Å². The number of morpholine rings is 1. The predicted octanol–water partition coefficient (Wildman–Crippen LogP) is 4.22. The second-order valence-corrected chi connectivity index (χ2v) is 9.41. The molecule has 0 saturated carbocycles. The van der Waals surface area contributed by atoms with Gasteiger partial charge < -0.3 is 24.7 Å². The molecule has 40 heavy (non-hydrogen) atoms. The van der Waals surface area contributed by atoms with Gasteiger partial charge in [-0.2, -0.15) is 33.2 Å². The Morgan fingerprint density at radius 2 is 1.68 bits per heavy atom. The number of benzene rings is 1. The molecule has 1 aliphatic rings. The summed E-state index contributed by atoms with van der Waals surface area (Å²) in [6, 6.07) is 7.15. The van der Waals surface area contributed by atoms with Gasteiger partial charge in [0.1, 0.15) is 18.3 Å². The molecular weight excluding hydrogens is 527 g/mol. The predicted molar refractivity (Wildman–Crippen MR) is 140 cm³/mol. The maximum absolute atomic E-state index is 13.8. The lowest BCUT2D eigenvalue weighted by Crippen LogP contribution is -2.46. The zero-order valence-corrected chi connectivity index (χ0v) is 21.4. The number of alkyl halides is 3. The molecule has 12 nitrogen and oxygen atoms in total. The largest absolute Gasteiger partial charge is 0.416 e. The van der Waals surface area contributed by atoms with E-state index in [0.717, 1.165) is 17.8 Å². The van der Waals surface area contributed by atoms with Crippen molar-refractivity contribution in [1.29, 1.82) is 0 Å². The highest BCUT2D eigenvalue weighted by Gasteiger charge is 2.32. The van der Waals surface area contributed by atoms with Crippen LogP contribution >= 0.6 is 0 Å². The van der Waals surface area contributed by atoms with Gasteiger partial charge in [-0.1, -0.05) is 0 Å². The molecule has 6 rings (SSSR count). The number of aromatic nitrogens is 8. The number of anilines is 5. The molecule has 4 aromatic heterocycles. The van der Waals surface area contributed by atoms with Crippen LogP contribution in [0.1, 0.15) is 19.4 Å². The van der Waals surface area contributed by atoms with Crippen LogP contribution in [0.3, 0.4) is 0 Å². The Hall–Kier alpha value is -4.79. The topological polar surface area (TPSA) is 123 Å². The normalized spacial score (nSPS) is 17.8. The van der Waals surface area contributed by atoms with E-state index in [4.69, 9.17) is 4.74 Å². The van der Waals surface area contributed by atoms with Gasteiger partial charge in [-0.15, -0.1) is 0 Å². The van der Waals surface area contributed by atoms with Crippen LogP contribution in [0.15, 0.2) is 61.6 Å². The first-order valence-electron chi connectivity index (χ1n) is 12.4. The molecule has 1 aromatic carbocycles. The van der Waals surface area contributed by atoms with Crippen molar-refractivity contribution < 1.29 is 17.9 Å². The van der Waals surface area contributed by atoms with E-state index in [0.29, 0.717) is 24.7 Å². The van der Waals surface area contributed by atoms with Gasteiger partial charge in [-0.25, -0.2) is 14.6 Å². The molecule has 0 bridgehead atoms.